The van der Waals surface area contributed by atoms with Crippen LogP contribution >= 0.6 is 15.9 Å². The molecule has 1 fully saturated rings. The average Bonchev–Trinajstić information content (AvgIpc) is 2.41. The smallest absolute Gasteiger partial charge is 0.129 e. The third kappa shape index (κ3) is 2.60. The molecule has 0 aliphatic heterocycles. The molecule has 0 aromatic heterocycles. The highest BCUT2D eigenvalue weighted by atomic mass is 79.9. The molecular formula is C14H18BrFO2. The number of ether oxygens (including phenoxy) is 1. The lowest BCUT2D eigenvalue weighted by atomic mass is 9.78. The summed E-state index contributed by atoms with van der Waals surface area (Å²) in [6.45, 7) is 0. The zero-order valence-corrected chi connectivity index (χ0v) is 12.0. The molecule has 0 saturated heterocycles. The van der Waals surface area contributed by atoms with Gasteiger partial charge in [-0.15, -0.1) is 0 Å². The molecule has 0 bridgehead atoms. The van der Waals surface area contributed by atoms with E-state index >= 15 is 0 Å². The van der Waals surface area contributed by atoms with Gasteiger partial charge in [0.1, 0.15) is 11.9 Å². The molecular weight excluding hydrogens is 299 g/mol. The summed E-state index contributed by atoms with van der Waals surface area (Å²) >= 11 is 3.31. The van der Waals surface area contributed by atoms with E-state index < -0.39 is 11.7 Å². The summed E-state index contributed by atoms with van der Waals surface area (Å²) in [7, 11) is 1.60. The van der Waals surface area contributed by atoms with Gasteiger partial charge in [0.15, 0.2) is 0 Å². The predicted molar refractivity (Wildman–Crippen MR) is 71.9 cm³/mol. The zero-order valence-electron chi connectivity index (χ0n) is 10.5. The van der Waals surface area contributed by atoms with Crippen LogP contribution in [0, 0.1) is 5.82 Å². The molecule has 4 heteroatoms. The van der Waals surface area contributed by atoms with E-state index in [0.29, 0.717) is 5.56 Å². The van der Waals surface area contributed by atoms with Crippen molar-refractivity contribution in [2.45, 2.75) is 43.8 Å². The van der Waals surface area contributed by atoms with Crippen LogP contribution in [-0.2, 0) is 4.74 Å². The Labute approximate surface area is 115 Å². The monoisotopic (exact) mass is 316 g/mol. The van der Waals surface area contributed by atoms with E-state index in [4.69, 9.17) is 4.74 Å². The molecule has 0 heterocycles. The summed E-state index contributed by atoms with van der Waals surface area (Å²) < 4.78 is 20.2. The van der Waals surface area contributed by atoms with Gasteiger partial charge in [-0.25, -0.2) is 4.39 Å². The summed E-state index contributed by atoms with van der Waals surface area (Å²) in [5.41, 5.74) is -0.326. The zero-order chi connectivity index (χ0) is 13.2. The van der Waals surface area contributed by atoms with E-state index in [-0.39, 0.29) is 5.82 Å². The molecule has 1 saturated carbocycles. The van der Waals surface area contributed by atoms with Gasteiger partial charge < -0.3 is 9.84 Å². The number of methoxy groups -OCH3 is 1. The van der Waals surface area contributed by atoms with E-state index in [1.807, 2.05) is 0 Å². The summed E-state index contributed by atoms with van der Waals surface area (Å²) in [4.78, 5) is 0. The highest BCUT2D eigenvalue weighted by Crippen LogP contribution is 2.42. The van der Waals surface area contributed by atoms with Crippen LogP contribution in [0.5, 0.6) is 0 Å². The van der Waals surface area contributed by atoms with Crippen LogP contribution in [0.3, 0.4) is 0 Å². The molecule has 0 spiro atoms. The fraction of sp³-hybridized carbons (Fsp3) is 0.571. The molecule has 1 aliphatic carbocycles. The van der Waals surface area contributed by atoms with Crippen molar-refractivity contribution < 1.29 is 14.2 Å². The second-order valence-corrected chi connectivity index (χ2v) is 5.81. The first-order chi connectivity index (χ1) is 8.59. The summed E-state index contributed by atoms with van der Waals surface area (Å²) in [6.07, 6.45) is 3.81. The fourth-order valence-corrected chi connectivity index (χ4v) is 3.13. The van der Waals surface area contributed by atoms with Crippen LogP contribution in [0.4, 0.5) is 4.39 Å². The Kier molecular flexibility index (Phi) is 4.41. The standard InChI is InChI=1S/C14H18BrFO2/c1-18-14(7-3-2-4-8-14)13(17)11-9-10(15)5-6-12(11)16/h5-6,9,13,17H,2-4,7-8H2,1H3. The Bertz CT molecular complexity index is 416. The molecule has 1 aliphatic rings. The van der Waals surface area contributed by atoms with E-state index in [1.165, 1.54) is 6.07 Å². The van der Waals surface area contributed by atoms with Gasteiger partial charge in [0, 0.05) is 17.1 Å². The number of hydrogen-bond acceptors (Lipinski definition) is 2. The maximum absolute atomic E-state index is 13.8. The minimum absolute atomic E-state index is 0.313. The van der Waals surface area contributed by atoms with Crippen molar-refractivity contribution in [3.05, 3.63) is 34.1 Å². The van der Waals surface area contributed by atoms with Crippen LogP contribution in [0.25, 0.3) is 0 Å². The Morgan fingerprint density at radius 3 is 2.61 bits per heavy atom. The molecule has 2 rings (SSSR count). The van der Waals surface area contributed by atoms with E-state index in [9.17, 15) is 9.50 Å². The third-order valence-corrected chi connectivity index (χ3v) is 4.35. The Balaban J connectivity index is 2.33. The van der Waals surface area contributed by atoms with Crippen molar-refractivity contribution in [2.75, 3.05) is 7.11 Å². The maximum Gasteiger partial charge on any atom is 0.129 e. The van der Waals surface area contributed by atoms with Gasteiger partial charge in [0.05, 0.1) is 5.60 Å². The second-order valence-electron chi connectivity index (χ2n) is 4.90. The molecule has 1 unspecified atom stereocenters. The van der Waals surface area contributed by atoms with Gasteiger partial charge in [-0.2, -0.15) is 0 Å². The summed E-state index contributed by atoms with van der Waals surface area (Å²) in [5.74, 6) is -0.382. The Hall–Kier alpha value is -0.450. The lowest BCUT2D eigenvalue weighted by Gasteiger charge is -2.40. The van der Waals surface area contributed by atoms with Gasteiger partial charge in [0.25, 0.3) is 0 Å². The van der Waals surface area contributed by atoms with Gasteiger partial charge in [0.2, 0.25) is 0 Å². The van der Waals surface area contributed by atoms with Crippen molar-refractivity contribution >= 4 is 15.9 Å². The highest BCUT2D eigenvalue weighted by molar-refractivity contribution is 9.10. The molecule has 100 valence electrons. The van der Waals surface area contributed by atoms with Crippen molar-refractivity contribution in [3.63, 3.8) is 0 Å². The molecule has 1 aromatic rings. The molecule has 18 heavy (non-hydrogen) atoms. The first-order valence-corrected chi connectivity index (χ1v) is 7.06. The lowest BCUT2D eigenvalue weighted by molar-refractivity contribution is -0.126. The van der Waals surface area contributed by atoms with Crippen LogP contribution in [-0.4, -0.2) is 17.8 Å². The van der Waals surface area contributed by atoms with Crippen LogP contribution in [0.15, 0.2) is 22.7 Å². The Morgan fingerprint density at radius 2 is 2.00 bits per heavy atom. The third-order valence-electron chi connectivity index (χ3n) is 3.86. The van der Waals surface area contributed by atoms with Crippen molar-refractivity contribution in [1.29, 1.82) is 0 Å². The van der Waals surface area contributed by atoms with Crippen molar-refractivity contribution in [1.82, 2.24) is 0 Å². The van der Waals surface area contributed by atoms with Gasteiger partial charge in [-0.1, -0.05) is 35.2 Å². The number of rotatable bonds is 3. The average molecular weight is 317 g/mol. The van der Waals surface area contributed by atoms with Crippen LogP contribution in [0.2, 0.25) is 0 Å². The quantitative estimate of drug-likeness (QED) is 0.914. The molecule has 1 atom stereocenters. The summed E-state index contributed by atoms with van der Waals surface area (Å²) in [5, 5.41) is 10.5. The van der Waals surface area contributed by atoms with Gasteiger partial charge in [-0.3, -0.25) is 0 Å². The topological polar surface area (TPSA) is 29.5 Å². The Morgan fingerprint density at radius 1 is 1.33 bits per heavy atom. The number of hydrogen-bond donors (Lipinski definition) is 1. The van der Waals surface area contributed by atoms with Crippen LogP contribution < -0.4 is 0 Å². The lowest BCUT2D eigenvalue weighted by Crippen LogP contribution is -2.40. The normalized spacial score (nSPS) is 20.7. The summed E-state index contributed by atoms with van der Waals surface area (Å²) in [6, 6.07) is 4.64. The number of aliphatic hydroxyl groups is 1. The van der Waals surface area contributed by atoms with Gasteiger partial charge >= 0.3 is 0 Å². The maximum atomic E-state index is 13.8. The first kappa shape index (κ1) is 14.0. The van der Waals surface area contributed by atoms with E-state index in [0.717, 1.165) is 36.6 Å². The predicted octanol–water partition coefficient (Wildman–Crippen LogP) is 3.97. The minimum Gasteiger partial charge on any atom is -0.385 e. The SMILES string of the molecule is COC1(C(O)c2cc(Br)ccc2F)CCCCC1. The molecule has 1 N–H and O–H groups in total. The molecule has 0 radical (unpaired) electrons. The number of benzene rings is 1. The minimum atomic E-state index is -0.916. The largest absolute Gasteiger partial charge is 0.385 e. The number of halogens is 2. The van der Waals surface area contributed by atoms with Gasteiger partial charge in [-0.05, 0) is 31.0 Å². The molecule has 1 aromatic carbocycles. The highest BCUT2D eigenvalue weighted by Gasteiger charge is 2.41. The fourth-order valence-electron chi connectivity index (χ4n) is 2.75. The number of aliphatic hydroxyl groups excluding tert-OH is 1. The van der Waals surface area contributed by atoms with E-state index in [2.05, 4.69) is 15.9 Å². The van der Waals surface area contributed by atoms with Crippen molar-refractivity contribution in [2.24, 2.45) is 0 Å². The molecule has 0 amide bonds. The van der Waals surface area contributed by atoms with Crippen LogP contribution in [0.1, 0.15) is 43.8 Å². The van der Waals surface area contributed by atoms with Crippen molar-refractivity contribution in [3.8, 4) is 0 Å². The molecule has 2 nitrogen and oxygen atoms in total. The second kappa shape index (κ2) is 5.68. The van der Waals surface area contributed by atoms with E-state index in [1.54, 1.807) is 19.2 Å². The first-order valence-electron chi connectivity index (χ1n) is 6.27.